The second-order valence-corrected chi connectivity index (χ2v) is 2.16. The summed E-state index contributed by atoms with van der Waals surface area (Å²) in [6.07, 6.45) is -0.288. The molecule has 0 radical (unpaired) electrons. The van der Waals surface area contributed by atoms with Crippen molar-refractivity contribution >= 4 is 12.3 Å². The second kappa shape index (κ2) is 5.63. The van der Waals surface area contributed by atoms with Gasteiger partial charge in [0.1, 0.15) is 0 Å². The molecular formula is C8H10O6. The summed E-state index contributed by atoms with van der Waals surface area (Å²) in [6.45, 7) is 2.91. The standard InChI is InChI=1S/C8H10O6/c1-3-4-6(14-8(11)12)5(2)13-7(9)10/h3-4H,1-2H3,(H,9,10)(H,11,12)/b4-3+,6-5-. The topological polar surface area (TPSA) is 93.1 Å². The molecule has 0 atom stereocenters. The van der Waals surface area contributed by atoms with Gasteiger partial charge in [0, 0.05) is 0 Å². The third kappa shape index (κ3) is 4.81. The van der Waals surface area contributed by atoms with Gasteiger partial charge in [-0.1, -0.05) is 6.08 Å². The highest BCUT2D eigenvalue weighted by Crippen LogP contribution is 2.09. The third-order valence-electron chi connectivity index (χ3n) is 1.10. The molecule has 0 aliphatic rings. The van der Waals surface area contributed by atoms with E-state index in [-0.39, 0.29) is 11.5 Å². The summed E-state index contributed by atoms with van der Waals surface area (Å²) in [5, 5.41) is 16.6. The van der Waals surface area contributed by atoms with Crippen LogP contribution in [0.3, 0.4) is 0 Å². The fraction of sp³-hybridized carbons (Fsp3) is 0.250. The molecule has 0 bridgehead atoms. The number of carboxylic acid groups (broad SMARTS) is 2. The monoisotopic (exact) mass is 202 g/mol. The van der Waals surface area contributed by atoms with Crippen LogP contribution in [0.15, 0.2) is 23.7 Å². The Bertz CT molecular complexity index is 288. The lowest BCUT2D eigenvalue weighted by Gasteiger charge is -2.04. The first-order valence-electron chi connectivity index (χ1n) is 3.62. The summed E-state index contributed by atoms with van der Waals surface area (Å²) in [4.78, 5) is 20.3. The number of carbonyl (C=O) groups is 2. The Hall–Kier alpha value is -1.98. The van der Waals surface area contributed by atoms with Crippen LogP contribution in [0, 0.1) is 0 Å². The van der Waals surface area contributed by atoms with Crippen LogP contribution >= 0.6 is 0 Å². The number of ether oxygens (including phenoxy) is 2. The predicted molar refractivity (Wildman–Crippen MR) is 45.7 cm³/mol. The van der Waals surface area contributed by atoms with Gasteiger partial charge in [-0.05, 0) is 19.9 Å². The van der Waals surface area contributed by atoms with E-state index in [1.54, 1.807) is 6.92 Å². The molecule has 0 amide bonds. The zero-order valence-electron chi connectivity index (χ0n) is 7.68. The zero-order chi connectivity index (χ0) is 11.1. The summed E-state index contributed by atoms with van der Waals surface area (Å²) in [5.41, 5.74) is 0. The van der Waals surface area contributed by atoms with Gasteiger partial charge in [0.2, 0.25) is 0 Å². The van der Waals surface area contributed by atoms with E-state index in [0.29, 0.717) is 0 Å². The maximum atomic E-state index is 10.2. The molecule has 0 rings (SSSR count). The summed E-state index contributed by atoms with van der Waals surface area (Å²) >= 11 is 0. The average molecular weight is 202 g/mol. The Morgan fingerprint density at radius 1 is 1.14 bits per heavy atom. The molecule has 0 unspecified atom stereocenters. The van der Waals surface area contributed by atoms with Crippen LogP contribution in [-0.2, 0) is 9.47 Å². The molecule has 0 aromatic rings. The summed E-state index contributed by atoms with van der Waals surface area (Å²) in [5.74, 6) is -0.305. The lowest BCUT2D eigenvalue weighted by molar-refractivity contribution is 0.100. The third-order valence-corrected chi connectivity index (χ3v) is 1.10. The van der Waals surface area contributed by atoms with E-state index in [4.69, 9.17) is 10.2 Å². The van der Waals surface area contributed by atoms with Gasteiger partial charge in [-0.25, -0.2) is 9.59 Å². The normalized spacial score (nSPS) is 12.1. The van der Waals surface area contributed by atoms with Crippen LogP contribution < -0.4 is 0 Å². The molecule has 0 heterocycles. The van der Waals surface area contributed by atoms with E-state index >= 15 is 0 Å². The minimum atomic E-state index is -1.54. The lowest BCUT2D eigenvalue weighted by Crippen LogP contribution is -2.05. The molecule has 0 saturated heterocycles. The molecule has 78 valence electrons. The molecule has 0 spiro atoms. The van der Waals surface area contributed by atoms with Gasteiger partial charge in [-0.2, -0.15) is 0 Å². The molecule has 0 fully saturated rings. The molecule has 2 N–H and O–H groups in total. The quantitative estimate of drug-likeness (QED) is 0.414. The largest absolute Gasteiger partial charge is 0.511 e. The fourth-order valence-corrected chi connectivity index (χ4v) is 0.650. The molecule has 0 aromatic carbocycles. The molecular weight excluding hydrogens is 192 g/mol. The first-order valence-corrected chi connectivity index (χ1v) is 3.62. The van der Waals surface area contributed by atoms with Crippen LogP contribution in [0.2, 0.25) is 0 Å². The molecule has 6 nitrogen and oxygen atoms in total. The van der Waals surface area contributed by atoms with Crippen LogP contribution in [0.25, 0.3) is 0 Å². The molecule has 14 heavy (non-hydrogen) atoms. The molecule has 6 heteroatoms. The molecule has 0 saturated carbocycles. The van der Waals surface area contributed by atoms with Crippen molar-refractivity contribution in [3.63, 3.8) is 0 Å². The number of hydrogen-bond acceptors (Lipinski definition) is 4. The average Bonchev–Trinajstić information content (AvgIpc) is 2.01. The van der Waals surface area contributed by atoms with Crippen molar-refractivity contribution in [1.82, 2.24) is 0 Å². The van der Waals surface area contributed by atoms with E-state index in [0.717, 1.165) is 0 Å². The van der Waals surface area contributed by atoms with Gasteiger partial charge in [0.25, 0.3) is 0 Å². The molecule has 0 aliphatic carbocycles. The Balaban J connectivity index is 4.74. The van der Waals surface area contributed by atoms with Crippen molar-refractivity contribution in [3.05, 3.63) is 23.7 Å². The van der Waals surface area contributed by atoms with Gasteiger partial charge in [0.15, 0.2) is 11.5 Å². The maximum Gasteiger partial charge on any atom is 0.511 e. The van der Waals surface area contributed by atoms with Crippen LogP contribution in [0.4, 0.5) is 9.59 Å². The number of allylic oxidation sites excluding steroid dienone is 3. The second-order valence-electron chi connectivity index (χ2n) is 2.16. The minimum Gasteiger partial charge on any atom is -0.449 e. The van der Waals surface area contributed by atoms with Gasteiger partial charge in [-0.3, -0.25) is 0 Å². The zero-order valence-corrected chi connectivity index (χ0v) is 7.68. The highest BCUT2D eigenvalue weighted by molar-refractivity contribution is 5.61. The summed E-state index contributed by atoms with van der Waals surface area (Å²) < 4.78 is 8.50. The first-order chi connectivity index (χ1) is 6.47. The fourth-order valence-electron chi connectivity index (χ4n) is 0.650. The summed E-state index contributed by atoms with van der Waals surface area (Å²) in [6, 6.07) is 0. The highest BCUT2D eigenvalue weighted by Gasteiger charge is 2.09. The number of hydrogen-bond donors (Lipinski definition) is 2. The van der Waals surface area contributed by atoms with Gasteiger partial charge in [0.05, 0.1) is 0 Å². The van der Waals surface area contributed by atoms with Crippen LogP contribution in [0.1, 0.15) is 13.8 Å². The maximum absolute atomic E-state index is 10.2. The van der Waals surface area contributed by atoms with Crippen molar-refractivity contribution in [2.24, 2.45) is 0 Å². The minimum absolute atomic E-state index is 0.141. The molecule has 0 aromatic heterocycles. The summed E-state index contributed by atoms with van der Waals surface area (Å²) in [7, 11) is 0. The van der Waals surface area contributed by atoms with Crippen molar-refractivity contribution < 1.29 is 29.3 Å². The van der Waals surface area contributed by atoms with E-state index in [2.05, 4.69) is 9.47 Å². The van der Waals surface area contributed by atoms with Crippen molar-refractivity contribution in [1.29, 1.82) is 0 Å². The van der Waals surface area contributed by atoms with Gasteiger partial charge in [-0.15, -0.1) is 0 Å². The highest BCUT2D eigenvalue weighted by atomic mass is 16.7. The SMILES string of the molecule is C/C=C/C(OC(=O)O)=C(\C)OC(=O)O. The first kappa shape index (κ1) is 12.0. The van der Waals surface area contributed by atoms with Crippen LogP contribution in [0.5, 0.6) is 0 Å². The van der Waals surface area contributed by atoms with E-state index in [1.807, 2.05) is 0 Å². The lowest BCUT2D eigenvalue weighted by atomic mass is 10.4. The predicted octanol–water partition coefficient (Wildman–Crippen LogP) is 2.18. The van der Waals surface area contributed by atoms with Crippen LogP contribution in [-0.4, -0.2) is 22.5 Å². The van der Waals surface area contributed by atoms with E-state index in [9.17, 15) is 9.59 Å². The smallest absolute Gasteiger partial charge is 0.449 e. The molecule has 0 aliphatic heterocycles. The van der Waals surface area contributed by atoms with Gasteiger partial charge >= 0.3 is 12.3 Å². The number of rotatable bonds is 3. The Kier molecular flexibility index (Phi) is 4.83. The Morgan fingerprint density at radius 2 is 1.64 bits per heavy atom. The van der Waals surface area contributed by atoms with Gasteiger partial charge < -0.3 is 19.7 Å². The van der Waals surface area contributed by atoms with E-state index in [1.165, 1.54) is 19.1 Å². The van der Waals surface area contributed by atoms with E-state index < -0.39 is 12.3 Å². The van der Waals surface area contributed by atoms with Crippen molar-refractivity contribution in [3.8, 4) is 0 Å². The Morgan fingerprint density at radius 3 is 2.00 bits per heavy atom. The Labute approximate surface area is 80.1 Å². The van der Waals surface area contributed by atoms with Crippen molar-refractivity contribution in [2.75, 3.05) is 0 Å². The van der Waals surface area contributed by atoms with Crippen molar-refractivity contribution in [2.45, 2.75) is 13.8 Å².